The van der Waals surface area contributed by atoms with Gasteiger partial charge in [0.1, 0.15) is 12.4 Å². The SMILES string of the molecule is Cc1ccc(-c2ccc3c(c2)C(=O)N(Cc2nnc(C4CCC4)o2)CCO3)cc1. The van der Waals surface area contributed by atoms with Crippen molar-refractivity contribution in [3.63, 3.8) is 0 Å². The highest BCUT2D eigenvalue weighted by Gasteiger charge is 2.28. The number of hydrogen-bond donors (Lipinski definition) is 0. The number of hydrogen-bond acceptors (Lipinski definition) is 5. The Hall–Kier alpha value is -3.15. The van der Waals surface area contributed by atoms with Gasteiger partial charge < -0.3 is 14.1 Å². The van der Waals surface area contributed by atoms with Crippen LogP contribution in [0.3, 0.4) is 0 Å². The van der Waals surface area contributed by atoms with Crippen molar-refractivity contribution in [3.8, 4) is 16.9 Å². The fourth-order valence-electron chi connectivity index (χ4n) is 3.75. The Kier molecular flexibility index (Phi) is 4.54. The van der Waals surface area contributed by atoms with Gasteiger partial charge in [0.25, 0.3) is 5.91 Å². The normalized spacial score (nSPS) is 16.7. The first-order chi connectivity index (χ1) is 14.2. The van der Waals surface area contributed by atoms with Crippen LogP contribution >= 0.6 is 0 Å². The lowest BCUT2D eigenvalue weighted by Crippen LogP contribution is -2.32. The average Bonchev–Trinajstić information content (AvgIpc) is 3.07. The van der Waals surface area contributed by atoms with E-state index in [0.717, 1.165) is 24.0 Å². The first-order valence-corrected chi connectivity index (χ1v) is 10.1. The summed E-state index contributed by atoms with van der Waals surface area (Å²) >= 11 is 0. The largest absolute Gasteiger partial charge is 0.491 e. The summed E-state index contributed by atoms with van der Waals surface area (Å²) < 4.78 is 11.7. The molecule has 0 spiro atoms. The van der Waals surface area contributed by atoms with Gasteiger partial charge in [-0.2, -0.15) is 0 Å². The molecule has 0 unspecified atom stereocenters. The number of ether oxygens (including phenoxy) is 1. The number of amides is 1. The summed E-state index contributed by atoms with van der Waals surface area (Å²) in [5.41, 5.74) is 3.84. The zero-order valence-corrected chi connectivity index (χ0v) is 16.4. The number of benzene rings is 2. The Bertz CT molecular complexity index is 1040. The van der Waals surface area contributed by atoms with Gasteiger partial charge in [-0.3, -0.25) is 4.79 Å². The molecule has 6 nitrogen and oxygen atoms in total. The Morgan fingerprint density at radius 3 is 2.62 bits per heavy atom. The van der Waals surface area contributed by atoms with Crippen LogP contribution in [0.5, 0.6) is 5.75 Å². The molecule has 5 rings (SSSR count). The number of rotatable bonds is 4. The van der Waals surface area contributed by atoms with Gasteiger partial charge in [0.2, 0.25) is 11.8 Å². The van der Waals surface area contributed by atoms with Gasteiger partial charge in [-0.05, 0) is 43.0 Å². The molecule has 1 aliphatic heterocycles. The fourth-order valence-corrected chi connectivity index (χ4v) is 3.75. The van der Waals surface area contributed by atoms with Crippen LogP contribution in [0.4, 0.5) is 0 Å². The van der Waals surface area contributed by atoms with Crippen LogP contribution in [-0.2, 0) is 6.54 Å². The third-order valence-corrected chi connectivity index (χ3v) is 5.76. The van der Waals surface area contributed by atoms with E-state index in [9.17, 15) is 4.79 Å². The second-order valence-corrected chi connectivity index (χ2v) is 7.81. The molecule has 2 aromatic carbocycles. The van der Waals surface area contributed by atoms with Crippen LogP contribution in [-0.4, -0.2) is 34.2 Å². The summed E-state index contributed by atoms with van der Waals surface area (Å²) in [6.07, 6.45) is 3.42. The van der Waals surface area contributed by atoms with Gasteiger partial charge >= 0.3 is 0 Å². The number of aromatic nitrogens is 2. The Balaban J connectivity index is 1.40. The fraction of sp³-hybridized carbons (Fsp3) is 0.348. The van der Waals surface area contributed by atoms with Gasteiger partial charge in [-0.1, -0.05) is 42.3 Å². The average molecular weight is 389 g/mol. The lowest BCUT2D eigenvalue weighted by Gasteiger charge is -2.21. The maximum Gasteiger partial charge on any atom is 0.258 e. The van der Waals surface area contributed by atoms with E-state index in [1.807, 2.05) is 18.2 Å². The number of fused-ring (bicyclic) bond motifs is 1. The van der Waals surface area contributed by atoms with E-state index >= 15 is 0 Å². The minimum atomic E-state index is -0.0742. The van der Waals surface area contributed by atoms with Crippen LogP contribution in [0.1, 0.15) is 52.9 Å². The smallest absolute Gasteiger partial charge is 0.258 e. The second-order valence-electron chi connectivity index (χ2n) is 7.81. The summed E-state index contributed by atoms with van der Waals surface area (Å²) in [4.78, 5) is 15.0. The number of carbonyl (C=O) groups excluding carboxylic acids is 1. The Morgan fingerprint density at radius 1 is 1.07 bits per heavy atom. The molecule has 3 aromatic rings. The molecule has 6 heteroatoms. The monoisotopic (exact) mass is 389 g/mol. The molecule has 1 fully saturated rings. The van der Waals surface area contributed by atoms with E-state index in [2.05, 4.69) is 41.4 Å². The molecule has 1 aliphatic carbocycles. The van der Waals surface area contributed by atoms with E-state index < -0.39 is 0 Å². The van der Waals surface area contributed by atoms with E-state index in [1.54, 1.807) is 4.90 Å². The molecule has 0 atom stereocenters. The molecule has 148 valence electrons. The highest BCUT2D eigenvalue weighted by Crippen LogP contribution is 2.35. The zero-order valence-electron chi connectivity index (χ0n) is 16.4. The Labute approximate surface area is 169 Å². The quantitative estimate of drug-likeness (QED) is 0.664. The summed E-state index contributed by atoms with van der Waals surface area (Å²) in [5, 5.41) is 8.33. The van der Waals surface area contributed by atoms with E-state index in [4.69, 9.17) is 9.15 Å². The van der Waals surface area contributed by atoms with Crippen molar-refractivity contribution in [2.24, 2.45) is 0 Å². The van der Waals surface area contributed by atoms with Gasteiger partial charge in [-0.15, -0.1) is 10.2 Å². The molecule has 2 aliphatic rings. The molecule has 29 heavy (non-hydrogen) atoms. The maximum atomic E-state index is 13.2. The van der Waals surface area contributed by atoms with Gasteiger partial charge in [0.05, 0.1) is 18.7 Å². The van der Waals surface area contributed by atoms with Crippen LogP contribution < -0.4 is 4.74 Å². The number of nitrogens with zero attached hydrogens (tertiary/aromatic N) is 3. The van der Waals surface area contributed by atoms with Gasteiger partial charge in [0.15, 0.2) is 0 Å². The predicted octanol–water partition coefficient (Wildman–Crippen LogP) is 4.35. The van der Waals surface area contributed by atoms with E-state index in [-0.39, 0.29) is 5.91 Å². The molecule has 1 aromatic heterocycles. The van der Waals surface area contributed by atoms with Crippen LogP contribution in [0, 0.1) is 6.92 Å². The van der Waals surface area contributed by atoms with Crippen molar-refractivity contribution in [2.45, 2.75) is 38.6 Å². The highest BCUT2D eigenvalue weighted by atomic mass is 16.5. The summed E-state index contributed by atoms with van der Waals surface area (Å²) in [5.74, 6) is 2.12. The molecule has 0 radical (unpaired) electrons. The Morgan fingerprint density at radius 2 is 1.86 bits per heavy atom. The molecule has 0 N–H and O–H groups in total. The van der Waals surface area contributed by atoms with E-state index in [0.29, 0.717) is 48.7 Å². The minimum absolute atomic E-state index is 0.0742. The number of carbonyl (C=O) groups is 1. The van der Waals surface area contributed by atoms with Crippen molar-refractivity contribution in [1.29, 1.82) is 0 Å². The molecule has 1 amide bonds. The van der Waals surface area contributed by atoms with Crippen molar-refractivity contribution in [3.05, 3.63) is 65.4 Å². The summed E-state index contributed by atoms with van der Waals surface area (Å²) in [6, 6.07) is 14.1. The zero-order chi connectivity index (χ0) is 19.8. The molecule has 0 saturated heterocycles. The molecule has 0 bridgehead atoms. The second kappa shape index (κ2) is 7.35. The maximum absolute atomic E-state index is 13.2. The topological polar surface area (TPSA) is 68.5 Å². The standard InChI is InChI=1S/C23H23N3O3/c1-15-5-7-16(8-6-15)18-9-10-20-19(13-18)23(27)26(11-12-28-20)14-21-24-25-22(29-21)17-3-2-4-17/h5-10,13,17H,2-4,11-12,14H2,1H3. The summed E-state index contributed by atoms with van der Waals surface area (Å²) in [6.45, 7) is 3.28. The molecular weight excluding hydrogens is 366 g/mol. The van der Waals surface area contributed by atoms with Crippen LogP contribution in [0.2, 0.25) is 0 Å². The van der Waals surface area contributed by atoms with Crippen molar-refractivity contribution in [2.75, 3.05) is 13.2 Å². The molecule has 2 heterocycles. The predicted molar refractivity (Wildman–Crippen MR) is 108 cm³/mol. The van der Waals surface area contributed by atoms with Crippen molar-refractivity contribution < 1.29 is 13.9 Å². The summed E-state index contributed by atoms with van der Waals surface area (Å²) in [7, 11) is 0. The van der Waals surface area contributed by atoms with Gasteiger partial charge in [0, 0.05) is 5.92 Å². The lowest BCUT2D eigenvalue weighted by atomic mass is 9.85. The van der Waals surface area contributed by atoms with Gasteiger partial charge in [-0.25, -0.2) is 0 Å². The molecular formula is C23H23N3O3. The number of aryl methyl sites for hydroxylation is 1. The third-order valence-electron chi connectivity index (χ3n) is 5.76. The van der Waals surface area contributed by atoms with Crippen molar-refractivity contribution in [1.82, 2.24) is 15.1 Å². The molecule has 1 saturated carbocycles. The first kappa shape index (κ1) is 17.9. The minimum Gasteiger partial charge on any atom is -0.491 e. The lowest BCUT2D eigenvalue weighted by molar-refractivity contribution is 0.0726. The van der Waals surface area contributed by atoms with Crippen LogP contribution in [0.15, 0.2) is 46.9 Å². The van der Waals surface area contributed by atoms with Crippen molar-refractivity contribution >= 4 is 5.91 Å². The van der Waals surface area contributed by atoms with E-state index in [1.165, 1.54) is 12.0 Å². The first-order valence-electron chi connectivity index (χ1n) is 10.1. The third kappa shape index (κ3) is 3.50. The van der Waals surface area contributed by atoms with Crippen LogP contribution in [0.25, 0.3) is 11.1 Å². The highest BCUT2D eigenvalue weighted by molar-refractivity contribution is 5.98.